The molecule has 2 aliphatic rings. The molecule has 3 aromatic heterocycles. The van der Waals surface area contributed by atoms with Gasteiger partial charge in [0.1, 0.15) is 22.1 Å². The molecule has 1 aliphatic heterocycles. The Morgan fingerprint density at radius 3 is 2.74 bits per heavy atom. The van der Waals surface area contributed by atoms with Crippen molar-refractivity contribution in [3.8, 4) is 5.88 Å². The lowest BCUT2D eigenvalue weighted by Crippen LogP contribution is -2.36. The second-order valence-corrected chi connectivity index (χ2v) is 14.7. The van der Waals surface area contributed by atoms with Crippen LogP contribution in [0.1, 0.15) is 79.2 Å². The first-order chi connectivity index (χ1) is 22.6. The third kappa shape index (κ3) is 5.76. The average molecular weight is 678 g/mol. The molecule has 5 aromatic rings. The maximum absolute atomic E-state index is 14.1. The molecule has 11 nitrogen and oxygen atoms in total. The minimum atomic E-state index is -4.06. The van der Waals surface area contributed by atoms with E-state index < -0.39 is 22.0 Å². The molecule has 0 spiro atoms. The quantitative estimate of drug-likeness (QED) is 0.163. The number of fused-ring (bicyclic) bond motifs is 3. The van der Waals surface area contributed by atoms with Crippen molar-refractivity contribution in [2.45, 2.75) is 75.8 Å². The lowest BCUT2D eigenvalue weighted by atomic mass is 9.83. The van der Waals surface area contributed by atoms with Crippen LogP contribution < -0.4 is 4.74 Å². The van der Waals surface area contributed by atoms with Crippen LogP contribution in [0, 0.1) is 6.92 Å². The molecule has 0 bridgehead atoms. The molecule has 1 unspecified atom stereocenters. The van der Waals surface area contributed by atoms with E-state index in [0.29, 0.717) is 23.5 Å². The lowest BCUT2D eigenvalue weighted by Gasteiger charge is -2.24. The lowest BCUT2D eigenvalue weighted by molar-refractivity contribution is -0.143. The number of nitrogens with zero attached hydrogens (tertiary/aromatic N) is 5. The summed E-state index contributed by atoms with van der Waals surface area (Å²) in [5, 5.41) is 9.86. The molecule has 1 fully saturated rings. The number of hydrogen-bond acceptors (Lipinski definition) is 9. The van der Waals surface area contributed by atoms with Crippen molar-refractivity contribution < 1.29 is 27.1 Å². The van der Waals surface area contributed by atoms with Gasteiger partial charge in [0, 0.05) is 36.7 Å². The number of pyridine rings is 1. The molecule has 2 aromatic carbocycles. The predicted octanol–water partition coefficient (Wildman–Crippen LogP) is 6.40. The van der Waals surface area contributed by atoms with Crippen molar-refractivity contribution in [2.75, 3.05) is 13.2 Å². The topological polar surface area (TPSA) is 130 Å². The summed E-state index contributed by atoms with van der Waals surface area (Å²) < 4.78 is 48.8. The predicted molar refractivity (Wildman–Crippen MR) is 176 cm³/mol. The Balaban J connectivity index is 1.37. The number of furan rings is 1. The van der Waals surface area contributed by atoms with Crippen LogP contribution in [0.5, 0.6) is 5.88 Å². The van der Waals surface area contributed by atoms with Gasteiger partial charge in [-0.05, 0) is 79.5 Å². The van der Waals surface area contributed by atoms with Crippen LogP contribution in [-0.4, -0.2) is 57.9 Å². The van der Waals surface area contributed by atoms with Crippen molar-refractivity contribution in [1.82, 2.24) is 24.3 Å². The van der Waals surface area contributed by atoms with Gasteiger partial charge in [-0.2, -0.15) is 4.31 Å². The number of carbonyl (C=O) groups is 1. The number of ether oxygens (including phenoxy) is 2. The van der Waals surface area contributed by atoms with E-state index in [-0.39, 0.29) is 47.9 Å². The summed E-state index contributed by atoms with van der Waals surface area (Å²) in [7, 11) is -2.15. The molecule has 7 rings (SSSR count). The Morgan fingerprint density at radius 1 is 1.19 bits per heavy atom. The molecular formula is C34H36ClN5O6S. The highest BCUT2D eigenvalue weighted by Crippen LogP contribution is 2.46. The van der Waals surface area contributed by atoms with E-state index in [9.17, 15) is 13.2 Å². The van der Waals surface area contributed by atoms with Crippen LogP contribution in [0.2, 0.25) is 5.02 Å². The van der Waals surface area contributed by atoms with Crippen molar-refractivity contribution in [3.63, 3.8) is 0 Å². The third-order valence-electron chi connectivity index (χ3n) is 9.21. The summed E-state index contributed by atoms with van der Waals surface area (Å²) in [6.07, 6.45) is 5.40. The van der Waals surface area contributed by atoms with E-state index in [2.05, 4.69) is 21.4 Å². The molecule has 4 heterocycles. The van der Waals surface area contributed by atoms with Crippen molar-refractivity contribution in [3.05, 3.63) is 75.6 Å². The van der Waals surface area contributed by atoms with Gasteiger partial charge in [-0.3, -0.25) is 4.79 Å². The molecule has 47 heavy (non-hydrogen) atoms. The van der Waals surface area contributed by atoms with Gasteiger partial charge in [0.05, 0.1) is 36.4 Å². The molecule has 13 heteroatoms. The Kier molecular flexibility index (Phi) is 8.22. The van der Waals surface area contributed by atoms with Crippen LogP contribution in [0.3, 0.4) is 0 Å². The zero-order chi connectivity index (χ0) is 33.0. The fourth-order valence-corrected chi connectivity index (χ4v) is 8.44. The summed E-state index contributed by atoms with van der Waals surface area (Å²) in [5.41, 5.74) is 7.00. The first kappa shape index (κ1) is 31.6. The zero-order valence-electron chi connectivity index (χ0n) is 26.7. The molecular weight excluding hydrogens is 642 g/mol. The number of carbonyl (C=O) groups excluding carboxylic acids is 1. The van der Waals surface area contributed by atoms with Crippen LogP contribution in [0.4, 0.5) is 0 Å². The van der Waals surface area contributed by atoms with Gasteiger partial charge in [0.15, 0.2) is 0 Å². The molecule has 0 radical (unpaired) electrons. The summed E-state index contributed by atoms with van der Waals surface area (Å²) in [4.78, 5) is 17.3. The Hall–Kier alpha value is -4.00. The highest BCUT2D eigenvalue weighted by molar-refractivity contribution is 7.89. The fraction of sp³-hybridized carbons (Fsp3) is 0.412. The number of halogens is 1. The molecule has 1 aliphatic carbocycles. The van der Waals surface area contributed by atoms with Gasteiger partial charge in [-0.1, -0.05) is 35.9 Å². The second-order valence-electron chi connectivity index (χ2n) is 12.3. The van der Waals surface area contributed by atoms with Gasteiger partial charge in [-0.15, -0.1) is 5.10 Å². The minimum absolute atomic E-state index is 0.00757. The molecule has 0 saturated heterocycles. The highest BCUT2D eigenvalue weighted by Gasteiger charge is 2.37. The first-order valence-electron chi connectivity index (χ1n) is 15.9. The normalized spacial score (nSPS) is 18.5. The maximum Gasteiger partial charge on any atom is 0.306 e. The molecule has 1 saturated carbocycles. The fourth-order valence-electron chi connectivity index (χ4n) is 6.67. The Bertz CT molecular complexity index is 2120. The van der Waals surface area contributed by atoms with Crippen molar-refractivity contribution >= 4 is 49.6 Å². The summed E-state index contributed by atoms with van der Waals surface area (Å²) >= 11 is 6.20. The van der Waals surface area contributed by atoms with Crippen LogP contribution >= 0.6 is 11.6 Å². The van der Waals surface area contributed by atoms with E-state index in [1.807, 2.05) is 43.8 Å². The van der Waals surface area contributed by atoms with Crippen LogP contribution in [0.15, 0.2) is 52.1 Å². The van der Waals surface area contributed by atoms with Gasteiger partial charge < -0.3 is 13.9 Å². The van der Waals surface area contributed by atoms with Gasteiger partial charge in [0.2, 0.25) is 15.9 Å². The molecule has 246 valence electrons. The van der Waals surface area contributed by atoms with Gasteiger partial charge in [0.25, 0.3) is 0 Å². The number of hydrogen-bond donors (Lipinski definition) is 0. The average Bonchev–Trinajstić information content (AvgIpc) is 3.67. The molecule has 0 amide bonds. The van der Waals surface area contributed by atoms with Gasteiger partial charge in [-0.25, -0.2) is 18.1 Å². The largest absolute Gasteiger partial charge is 0.472 e. The van der Waals surface area contributed by atoms with E-state index in [1.54, 1.807) is 13.2 Å². The molecule has 0 N–H and O–H groups in total. The van der Waals surface area contributed by atoms with Crippen LogP contribution in [0.25, 0.3) is 22.0 Å². The Morgan fingerprint density at radius 2 is 2.00 bits per heavy atom. The van der Waals surface area contributed by atoms with E-state index in [1.165, 1.54) is 22.1 Å². The first-order valence-corrected chi connectivity index (χ1v) is 17.7. The molecule has 2 atom stereocenters. The number of sulfonamides is 1. The highest BCUT2D eigenvalue weighted by atomic mass is 35.5. The number of aryl methyl sites for hydroxylation is 2. The van der Waals surface area contributed by atoms with Crippen molar-refractivity contribution in [1.29, 1.82) is 0 Å². The Labute approximate surface area is 277 Å². The second kappa shape index (κ2) is 12.2. The van der Waals surface area contributed by atoms with E-state index in [0.717, 1.165) is 46.0 Å². The number of rotatable bonds is 9. The zero-order valence-corrected chi connectivity index (χ0v) is 28.3. The maximum atomic E-state index is 14.1. The number of esters is 1. The smallest absolute Gasteiger partial charge is 0.306 e. The van der Waals surface area contributed by atoms with Crippen molar-refractivity contribution in [2.24, 2.45) is 7.05 Å². The summed E-state index contributed by atoms with van der Waals surface area (Å²) in [6, 6.07) is 9.40. The summed E-state index contributed by atoms with van der Waals surface area (Å²) in [6.45, 7) is 6.13. The van der Waals surface area contributed by atoms with Crippen LogP contribution in [-0.2, 0) is 33.1 Å². The monoisotopic (exact) mass is 677 g/mol. The SMILES string of the molecule is CCOC(=O)CC(c1cc(CN2C[C@@H](CC)Oc3ncc(Cl)cc3S2(=O)=O)c2occc2c1)c1cc(C2CC2)c2c(nnn2C)c1C. The number of benzene rings is 2. The standard InChI is InChI=1S/C34H36ClN5O6S/c1-5-25-18-40(47(42,43)29-13-24(35)16-36-34(29)46-25)17-23-12-22(11-21-9-10-45-33(21)23)27(15-30(41)44-6-2)26-14-28(20-7-8-20)32-31(19(26)3)37-38-39(32)4/h9-14,16,20,25,27H,5-8,15,17-18H2,1-4H3/t25-,27?/m1/s1. The van der Waals surface area contributed by atoms with E-state index in [4.69, 9.17) is 25.5 Å². The number of aromatic nitrogens is 4. The van der Waals surface area contributed by atoms with E-state index >= 15 is 0 Å². The third-order valence-corrected chi connectivity index (χ3v) is 11.2. The van der Waals surface area contributed by atoms with Gasteiger partial charge >= 0.3 is 5.97 Å². The minimum Gasteiger partial charge on any atom is -0.472 e. The summed E-state index contributed by atoms with van der Waals surface area (Å²) in [5.74, 6) is -0.266.